The quantitative estimate of drug-likeness (QED) is 0.739. The minimum absolute atomic E-state index is 0.0193. The molecule has 2 saturated heterocycles. The number of aryl methyl sites for hydroxylation is 1. The summed E-state index contributed by atoms with van der Waals surface area (Å²) in [6, 6.07) is -1.34. The third kappa shape index (κ3) is 2.92. The number of urea groups is 1. The second kappa shape index (κ2) is 5.74. The largest absolute Gasteiger partial charge is 0.342 e. The minimum atomic E-state index is -0.786. The highest BCUT2D eigenvalue weighted by Gasteiger charge is 2.34. The molecule has 118 valence electrons. The zero-order valence-electron chi connectivity index (χ0n) is 12.2. The Labute approximate surface area is 126 Å². The van der Waals surface area contributed by atoms with Crippen molar-refractivity contribution in [3.8, 4) is 0 Å². The van der Waals surface area contributed by atoms with Crippen LogP contribution in [0.3, 0.4) is 0 Å². The van der Waals surface area contributed by atoms with Gasteiger partial charge in [0.05, 0.1) is 12.3 Å². The summed E-state index contributed by atoms with van der Waals surface area (Å²) >= 11 is 0. The van der Waals surface area contributed by atoms with Gasteiger partial charge in [-0.3, -0.25) is 14.9 Å². The summed E-state index contributed by atoms with van der Waals surface area (Å²) in [5, 5.41) is 8.32. The molecule has 3 rings (SSSR count). The van der Waals surface area contributed by atoms with Crippen LogP contribution in [0.1, 0.15) is 36.9 Å². The number of likely N-dealkylation sites (tertiary alicyclic amines) is 1. The fraction of sp³-hybridized carbons (Fsp3) is 0.615. The normalized spacial score (nSPS) is 25.0. The van der Waals surface area contributed by atoms with Gasteiger partial charge in [-0.2, -0.15) is 4.98 Å². The molecule has 4 amide bonds. The molecule has 1 aromatic heterocycles. The van der Waals surface area contributed by atoms with Gasteiger partial charge in [0, 0.05) is 13.1 Å². The van der Waals surface area contributed by atoms with Crippen LogP contribution in [0.4, 0.5) is 4.79 Å². The van der Waals surface area contributed by atoms with Gasteiger partial charge in [0.15, 0.2) is 5.82 Å². The molecule has 22 heavy (non-hydrogen) atoms. The van der Waals surface area contributed by atoms with E-state index in [4.69, 9.17) is 4.52 Å². The molecule has 0 radical (unpaired) electrons. The maximum atomic E-state index is 12.3. The molecule has 1 aromatic rings. The number of amides is 4. The van der Waals surface area contributed by atoms with E-state index in [0.717, 1.165) is 12.8 Å². The molecule has 9 heteroatoms. The summed E-state index contributed by atoms with van der Waals surface area (Å²) in [7, 11) is 0. The molecule has 0 saturated carbocycles. The number of nitrogens with zero attached hydrogens (tertiary/aromatic N) is 3. The second-order valence-electron chi connectivity index (χ2n) is 5.58. The van der Waals surface area contributed by atoms with Crippen LogP contribution >= 0.6 is 0 Å². The average molecular weight is 307 g/mol. The fourth-order valence-electron chi connectivity index (χ4n) is 2.79. The monoisotopic (exact) mass is 307 g/mol. The van der Waals surface area contributed by atoms with E-state index in [9.17, 15) is 14.4 Å². The topological polar surface area (TPSA) is 117 Å². The average Bonchev–Trinajstić information content (AvgIpc) is 3.05. The lowest BCUT2D eigenvalue weighted by Crippen LogP contribution is -2.43. The molecule has 2 fully saturated rings. The summed E-state index contributed by atoms with van der Waals surface area (Å²) in [5.74, 6) is 0.513. The first-order valence-electron chi connectivity index (χ1n) is 7.22. The van der Waals surface area contributed by atoms with Crippen LogP contribution in [-0.4, -0.2) is 52.0 Å². The van der Waals surface area contributed by atoms with Crippen molar-refractivity contribution in [2.24, 2.45) is 0 Å². The highest BCUT2D eigenvalue weighted by Crippen LogP contribution is 2.26. The Balaban J connectivity index is 1.60. The lowest BCUT2D eigenvalue weighted by Gasteiger charge is -2.31. The zero-order valence-corrected chi connectivity index (χ0v) is 12.2. The molecule has 0 aromatic carbocycles. The van der Waals surface area contributed by atoms with Gasteiger partial charge < -0.3 is 14.7 Å². The predicted molar refractivity (Wildman–Crippen MR) is 72.7 cm³/mol. The number of piperidine rings is 1. The van der Waals surface area contributed by atoms with Gasteiger partial charge in [0.2, 0.25) is 11.8 Å². The molecule has 0 unspecified atom stereocenters. The molecule has 3 heterocycles. The first-order valence-corrected chi connectivity index (χ1v) is 7.22. The van der Waals surface area contributed by atoms with Crippen LogP contribution in [0, 0.1) is 6.92 Å². The lowest BCUT2D eigenvalue weighted by atomic mass is 9.97. The van der Waals surface area contributed by atoms with Crippen molar-refractivity contribution in [3.63, 3.8) is 0 Å². The van der Waals surface area contributed by atoms with E-state index in [1.807, 2.05) is 0 Å². The van der Waals surface area contributed by atoms with Gasteiger partial charge in [-0.05, 0) is 19.8 Å². The Bertz CT molecular complexity index is 613. The number of hydrogen-bond donors (Lipinski definition) is 2. The molecule has 2 N–H and O–H groups in total. The maximum absolute atomic E-state index is 12.3. The van der Waals surface area contributed by atoms with E-state index in [2.05, 4.69) is 20.8 Å². The number of carbonyl (C=O) groups excluding carboxylic acids is 3. The molecule has 2 aliphatic rings. The Morgan fingerprint density at radius 2 is 2.27 bits per heavy atom. The molecule has 0 spiro atoms. The summed E-state index contributed by atoms with van der Waals surface area (Å²) < 4.78 is 5.18. The van der Waals surface area contributed by atoms with Crippen molar-refractivity contribution < 1.29 is 18.9 Å². The number of hydrogen-bond acceptors (Lipinski definition) is 6. The van der Waals surface area contributed by atoms with Crippen LogP contribution in [0.25, 0.3) is 0 Å². The first-order chi connectivity index (χ1) is 10.5. The van der Waals surface area contributed by atoms with E-state index in [1.54, 1.807) is 11.8 Å². The number of carbonyl (C=O) groups is 3. The van der Waals surface area contributed by atoms with Crippen molar-refractivity contribution in [3.05, 3.63) is 11.7 Å². The zero-order chi connectivity index (χ0) is 15.7. The van der Waals surface area contributed by atoms with Crippen LogP contribution < -0.4 is 10.6 Å². The SMILES string of the molecule is Cc1noc([C@@H]2CCCN(C(=O)C[C@H]3NC(=O)NC3=O)C2)n1. The van der Waals surface area contributed by atoms with Crippen LogP contribution in [0.15, 0.2) is 4.52 Å². The van der Waals surface area contributed by atoms with E-state index in [-0.39, 0.29) is 18.2 Å². The standard InChI is InChI=1S/C13H17N5O4/c1-7-14-12(22-17-7)8-3-2-4-18(6-8)10(19)5-9-11(20)16-13(21)15-9/h8-9H,2-6H2,1H3,(H2,15,16,20,21)/t8-,9-/m1/s1. The Morgan fingerprint density at radius 3 is 2.91 bits per heavy atom. The smallest absolute Gasteiger partial charge is 0.322 e. The van der Waals surface area contributed by atoms with Crippen molar-refractivity contribution in [1.82, 2.24) is 25.7 Å². The van der Waals surface area contributed by atoms with E-state index < -0.39 is 18.0 Å². The van der Waals surface area contributed by atoms with Crippen LogP contribution in [-0.2, 0) is 9.59 Å². The Kier molecular flexibility index (Phi) is 3.78. The molecule has 0 bridgehead atoms. The predicted octanol–water partition coefficient (Wildman–Crippen LogP) is -0.318. The van der Waals surface area contributed by atoms with Gasteiger partial charge >= 0.3 is 6.03 Å². The van der Waals surface area contributed by atoms with Gasteiger partial charge in [0.25, 0.3) is 5.91 Å². The summed E-state index contributed by atoms with van der Waals surface area (Å²) in [6.45, 7) is 2.87. The molecule has 0 aliphatic carbocycles. The van der Waals surface area contributed by atoms with Crippen molar-refractivity contribution >= 4 is 17.8 Å². The Morgan fingerprint density at radius 1 is 1.45 bits per heavy atom. The molecule has 2 atom stereocenters. The van der Waals surface area contributed by atoms with Crippen molar-refractivity contribution in [2.75, 3.05) is 13.1 Å². The highest BCUT2D eigenvalue weighted by atomic mass is 16.5. The summed E-state index contributed by atoms with van der Waals surface area (Å²) in [5.41, 5.74) is 0. The first kappa shape index (κ1) is 14.5. The lowest BCUT2D eigenvalue weighted by molar-refractivity contribution is -0.135. The molecule has 9 nitrogen and oxygen atoms in total. The molecule has 2 aliphatic heterocycles. The van der Waals surface area contributed by atoms with Gasteiger partial charge in [-0.15, -0.1) is 0 Å². The molecular weight excluding hydrogens is 290 g/mol. The number of nitrogens with one attached hydrogen (secondary N) is 2. The maximum Gasteiger partial charge on any atom is 0.322 e. The highest BCUT2D eigenvalue weighted by molar-refractivity contribution is 6.05. The van der Waals surface area contributed by atoms with Gasteiger partial charge in [-0.25, -0.2) is 4.79 Å². The Hall–Kier alpha value is -2.45. The summed E-state index contributed by atoms with van der Waals surface area (Å²) in [6.07, 6.45) is 1.68. The van der Waals surface area contributed by atoms with E-state index in [1.165, 1.54) is 0 Å². The van der Waals surface area contributed by atoms with E-state index >= 15 is 0 Å². The number of imide groups is 1. The van der Waals surface area contributed by atoms with Crippen LogP contribution in [0.5, 0.6) is 0 Å². The third-order valence-electron chi connectivity index (χ3n) is 3.90. The second-order valence-corrected chi connectivity index (χ2v) is 5.58. The van der Waals surface area contributed by atoms with Gasteiger partial charge in [-0.1, -0.05) is 5.16 Å². The molecular formula is C13H17N5O4. The van der Waals surface area contributed by atoms with Gasteiger partial charge in [0.1, 0.15) is 6.04 Å². The van der Waals surface area contributed by atoms with Crippen molar-refractivity contribution in [1.29, 1.82) is 0 Å². The minimum Gasteiger partial charge on any atom is -0.342 e. The fourth-order valence-corrected chi connectivity index (χ4v) is 2.79. The summed E-state index contributed by atoms with van der Waals surface area (Å²) in [4.78, 5) is 40.8. The van der Waals surface area contributed by atoms with E-state index in [0.29, 0.717) is 24.8 Å². The third-order valence-corrected chi connectivity index (χ3v) is 3.90. The number of aromatic nitrogens is 2. The van der Waals surface area contributed by atoms with Crippen molar-refractivity contribution in [2.45, 2.75) is 38.1 Å². The van der Waals surface area contributed by atoms with Crippen LogP contribution in [0.2, 0.25) is 0 Å². The number of rotatable bonds is 3.